The summed E-state index contributed by atoms with van der Waals surface area (Å²) in [5.41, 5.74) is 15.3. The normalized spacial score (nSPS) is 12.9. The molecule has 57 heavy (non-hydrogen) atoms. The van der Waals surface area contributed by atoms with Gasteiger partial charge in [0, 0.05) is 22.1 Å². The Bertz CT molecular complexity index is 3060. The van der Waals surface area contributed by atoms with Crippen LogP contribution >= 0.6 is 0 Å². The molecule has 0 saturated heterocycles. The molecule has 10 aromatic rings. The molecule has 1 aromatic heterocycles. The molecule has 0 fully saturated rings. The van der Waals surface area contributed by atoms with Gasteiger partial charge in [-0.1, -0.05) is 190 Å². The summed E-state index contributed by atoms with van der Waals surface area (Å²) >= 11 is 0. The summed E-state index contributed by atoms with van der Waals surface area (Å²) in [6, 6.07) is 70.2. The van der Waals surface area contributed by atoms with Crippen LogP contribution in [0.4, 0.5) is 0 Å². The van der Waals surface area contributed by atoms with Gasteiger partial charge in [-0.25, -0.2) is 9.97 Å². The first kappa shape index (κ1) is 33.2. The molecular formula is C55H38N2. The maximum atomic E-state index is 5.11. The van der Waals surface area contributed by atoms with E-state index in [0.29, 0.717) is 0 Å². The van der Waals surface area contributed by atoms with Crippen LogP contribution in [-0.2, 0) is 5.41 Å². The SMILES string of the molecule is CC1(C)c2cc3ccccc3cc2-c2c(-c3c4ccccc4c(-c4ccc(-c5cc(-c6ccccc6)nc(-c6ccccc6)n5)cc4)c4ccccc34)cccc21. The highest BCUT2D eigenvalue weighted by molar-refractivity contribution is 6.23. The molecule has 2 heteroatoms. The third-order valence-corrected chi connectivity index (χ3v) is 12.1. The fourth-order valence-electron chi connectivity index (χ4n) is 9.29. The van der Waals surface area contributed by atoms with Crippen molar-refractivity contribution in [2.45, 2.75) is 19.3 Å². The van der Waals surface area contributed by atoms with Gasteiger partial charge in [0.15, 0.2) is 5.82 Å². The first-order valence-electron chi connectivity index (χ1n) is 19.7. The molecule has 0 bridgehead atoms. The maximum Gasteiger partial charge on any atom is 0.160 e. The van der Waals surface area contributed by atoms with Gasteiger partial charge in [-0.15, -0.1) is 0 Å². The number of nitrogens with zero attached hydrogens (tertiary/aromatic N) is 2. The van der Waals surface area contributed by atoms with Gasteiger partial charge < -0.3 is 0 Å². The van der Waals surface area contributed by atoms with E-state index in [-0.39, 0.29) is 5.41 Å². The van der Waals surface area contributed by atoms with Crippen molar-refractivity contribution < 1.29 is 0 Å². The number of fused-ring (bicyclic) bond motifs is 6. The van der Waals surface area contributed by atoms with E-state index in [1.807, 2.05) is 24.3 Å². The molecule has 1 heterocycles. The molecule has 0 saturated carbocycles. The predicted octanol–water partition coefficient (Wildman–Crippen LogP) is 14.6. The van der Waals surface area contributed by atoms with E-state index in [1.54, 1.807) is 0 Å². The summed E-state index contributed by atoms with van der Waals surface area (Å²) in [5.74, 6) is 0.718. The van der Waals surface area contributed by atoms with Crippen molar-refractivity contribution in [3.05, 3.63) is 205 Å². The molecule has 9 aromatic carbocycles. The molecule has 0 unspecified atom stereocenters. The molecule has 2 nitrogen and oxygen atoms in total. The van der Waals surface area contributed by atoms with Crippen molar-refractivity contribution in [2.75, 3.05) is 0 Å². The van der Waals surface area contributed by atoms with Crippen molar-refractivity contribution in [1.29, 1.82) is 0 Å². The Balaban J connectivity index is 1.10. The van der Waals surface area contributed by atoms with E-state index >= 15 is 0 Å². The zero-order valence-corrected chi connectivity index (χ0v) is 31.9. The predicted molar refractivity (Wildman–Crippen MR) is 239 cm³/mol. The second kappa shape index (κ2) is 13.0. The third kappa shape index (κ3) is 5.33. The zero-order chi connectivity index (χ0) is 38.1. The lowest BCUT2D eigenvalue weighted by Crippen LogP contribution is -2.14. The third-order valence-electron chi connectivity index (χ3n) is 12.1. The van der Waals surface area contributed by atoms with Crippen LogP contribution in [0.15, 0.2) is 194 Å². The van der Waals surface area contributed by atoms with Crippen LogP contribution in [0.3, 0.4) is 0 Å². The summed E-state index contributed by atoms with van der Waals surface area (Å²) in [7, 11) is 0. The first-order chi connectivity index (χ1) is 28.0. The van der Waals surface area contributed by atoms with Crippen LogP contribution in [-0.4, -0.2) is 9.97 Å². The topological polar surface area (TPSA) is 25.8 Å². The highest BCUT2D eigenvalue weighted by Gasteiger charge is 2.37. The maximum absolute atomic E-state index is 5.11. The van der Waals surface area contributed by atoms with Crippen LogP contribution in [0.2, 0.25) is 0 Å². The van der Waals surface area contributed by atoms with Gasteiger partial charge in [0.2, 0.25) is 0 Å². The second-order valence-corrected chi connectivity index (χ2v) is 15.7. The Kier molecular flexibility index (Phi) is 7.55. The van der Waals surface area contributed by atoms with Crippen LogP contribution in [0.5, 0.6) is 0 Å². The monoisotopic (exact) mass is 726 g/mol. The van der Waals surface area contributed by atoms with Gasteiger partial charge in [0.1, 0.15) is 0 Å². The van der Waals surface area contributed by atoms with Crippen molar-refractivity contribution >= 4 is 32.3 Å². The molecule has 1 aliphatic rings. The summed E-state index contributed by atoms with van der Waals surface area (Å²) in [4.78, 5) is 10.1. The number of hydrogen-bond acceptors (Lipinski definition) is 2. The summed E-state index contributed by atoms with van der Waals surface area (Å²) in [5, 5.41) is 7.56. The summed E-state index contributed by atoms with van der Waals surface area (Å²) in [6.45, 7) is 4.76. The Morgan fingerprint density at radius 1 is 0.333 bits per heavy atom. The van der Waals surface area contributed by atoms with E-state index in [0.717, 1.165) is 33.9 Å². The van der Waals surface area contributed by atoms with Gasteiger partial charge >= 0.3 is 0 Å². The molecular weight excluding hydrogens is 689 g/mol. The summed E-state index contributed by atoms with van der Waals surface area (Å²) in [6.07, 6.45) is 0. The fraction of sp³-hybridized carbons (Fsp3) is 0.0545. The average molecular weight is 727 g/mol. The molecule has 1 aliphatic carbocycles. The van der Waals surface area contributed by atoms with Crippen LogP contribution < -0.4 is 0 Å². The molecule has 11 rings (SSSR count). The van der Waals surface area contributed by atoms with Gasteiger partial charge in [-0.3, -0.25) is 0 Å². The smallest absolute Gasteiger partial charge is 0.160 e. The van der Waals surface area contributed by atoms with Gasteiger partial charge in [-0.05, 0) is 95.0 Å². The molecule has 0 radical (unpaired) electrons. The molecule has 0 N–H and O–H groups in total. The van der Waals surface area contributed by atoms with E-state index < -0.39 is 0 Å². The Morgan fingerprint density at radius 2 is 0.825 bits per heavy atom. The van der Waals surface area contributed by atoms with E-state index in [9.17, 15) is 0 Å². The molecule has 0 amide bonds. The number of benzene rings is 9. The standard InChI is InChI=1S/C55H38N2/c1-55(2)47-27-15-26-45(53(47)46-32-39-20-9-10-21-40(39)33-48(46)55)52-43-24-13-11-22-41(43)51(42-23-12-14-25-44(42)52)37-30-28-36(29-31-37)50-34-49(35-16-5-3-6-17-35)56-54(57-50)38-18-7-4-8-19-38/h3-34H,1-2H3. The minimum absolute atomic E-state index is 0.120. The minimum atomic E-state index is -0.120. The zero-order valence-electron chi connectivity index (χ0n) is 31.9. The van der Waals surface area contributed by atoms with Crippen LogP contribution in [0.1, 0.15) is 25.0 Å². The van der Waals surface area contributed by atoms with E-state index in [1.165, 1.54) is 76.8 Å². The highest BCUT2D eigenvalue weighted by atomic mass is 14.9. The number of aromatic nitrogens is 2. The van der Waals surface area contributed by atoms with E-state index in [4.69, 9.17) is 9.97 Å². The molecule has 0 aliphatic heterocycles. The second-order valence-electron chi connectivity index (χ2n) is 15.7. The van der Waals surface area contributed by atoms with Crippen LogP contribution in [0.25, 0.3) is 99.6 Å². The Hall–Kier alpha value is -7.16. The molecule has 268 valence electrons. The quantitative estimate of drug-likeness (QED) is 0.165. The lowest BCUT2D eigenvalue weighted by Gasteiger charge is -2.23. The van der Waals surface area contributed by atoms with Gasteiger partial charge in [0.05, 0.1) is 11.4 Å². The minimum Gasteiger partial charge on any atom is -0.228 e. The molecule has 0 atom stereocenters. The Labute approximate surface area is 332 Å². The average Bonchev–Trinajstić information content (AvgIpc) is 3.50. The van der Waals surface area contributed by atoms with Crippen molar-refractivity contribution in [3.63, 3.8) is 0 Å². The number of rotatable bonds is 5. The van der Waals surface area contributed by atoms with Crippen molar-refractivity contribution in [2.24, 2.45) is 0 Å². The number of hydrogen-bond donors (Lipinski definition) is 0. The van der Waals surface area contributed by atoms with Gasteiger partial charge in [-0.2, -0.15) is 0 Å². The Morgan fingerprint density at radius 3 is 1.44 bits per heavy atom. The fourth-order valence-corrected chi connectivity index (χ4v) is 9.29. The first-order valence-corrected chi connectivity index (χ1v) is 19.7. The van der Waals surface area contributed by atoms with Crippen molar-refractivity contribution in [3.8, 4) is 67.3 Å². The highest BCUT2D eigenvalue weighted by Crippen LogP contribution is 2.55. The molecule has 0 spiro atoms. The van der Waals surface area contributed by atoms with Crippen LogP contribution in [0, 0.1) is 0 Å². The lowest BCUT2D eigenvalue weighted by atomic mass is 9.80. The summed E-state index contributed by atoms with van der Waals surface area (Å²) < 4.78 is 0. The van der Waals surface area contributed by atoms with Gasteiger partial charge in [0.25, 0.3) is 0 Å². The van der Waals surface area contributed by atoms with E-state index in [2.05, 4.69) is 184 Å². The lowest BCUT2D eigenvalue weighted by molar-refractivity contribution is 0.661. The largest absolute Gasteiger partial charge is 0.228 e. The van der Waals surface area contributed by atoms with Crippen molar-refractivity contribution in [1.82, 2.24) is 9.97 Å².